The van der Waals surface area contributed by atoms with E-state index in [4.69, 9.17) is 4.74 Å². The van der Waals surface area contributed by atoms with Gasteiger partial charge in [0.15, 0.2) is 12.4 Å². The summed E-state index contributed by atoms with van der Waals surface area (Å²) in [7, 11) is 0. The summed E-state index contributed by atoms with van der Waals surface area (Å²) in [6.45, 7) is 7.18. The molecular weight excluding hydrogens is 370 g/mol. The van der Waals surface area contributed by atoms with Crippen LogP contribution in [-0.2, 0) is 14.9 Å². The third-order valence-corrected chi connectivity index (χ3v) is 4.97. The van der Waals surface area contributed by atoms with Gasteiger partial charge in [-0.1, -0.05) is 57.2 Å². The molecule has 6 nitrogen and oxygen atoms in total. The molecule has 3 rings (SSSR count). The molecule has 1 aliphatic rings. The SMILES string of the molecule is C[C@@H](C(=O)OCC(=O)c1ccc(C(C)(C)C)cc1)N1C(=O)c2ccccc2C1=O. The molecule has 0 radical (unpaired) electrons. The number of ketones is 1. The molecule has 0 N–H and O–H groups in total. The van der Waals surface area contributed by atoms with Gasteiger partial charge in [-0.15, -0.1) is 0 Å². The lowest BCUT2D eigenvalue weighted by Crippen LogP contribution is -2.44. The van der Waals surface area contributed by atoms with Gasteiger partial charge in [-0.3, -0.25) is 19.3 Å². The van der Waals surface area contributed by atoms with Gasteiger partial charge < -0.3 is 4.74 Å². The zero-order chi connectivity index (χ0) is 21.3. The molecule has 0 spiro atoms. The second-order valence-corrected chi connectivity index (χ2v) is 8.06. The average Bonchev–Trinajstić information content (AvgIpc) is 2.95. The van der Waals surface area contributed by atoms with E-state index in [2.05, 4.69) is 20.8 Å². The Labute approximate surface area is 169 Å². The van der Waals surface area contributed by atoms with Crippen molar-refractivity contribution in [2.75, 3.05) is 6.61 Å². The first kappa shape index (κ1) is 20.5. The Morgan fingerprint density at radius 3 is 1.93 bits per heavy atom. The van der Waals surface area contributed by atoms with Crippen LogP contribution in [0.5, 0.6) is 0 Å². The van der Waals surface area contributed by atoms with E-state index in [1.807, 2.05) is 12.1 Å². The quantitative estimate of drug-likeness (QED) is 0.442. The van der Waals surface area contributed by atoms with E-state index in [1.165, 1.54) is 6.92 Å². The Morgan fingerprint density at radius 2 is 1.45 bits per heavy atom. The van der Waals surface area contributed by atoms with Crippen LogP contribution in [0.1, 0.15) is 64.3 Å². The number of carbonyl (C=O) groups excluding carboxylic acids is 4. The molecule has 6 heteroatoms. The number of rotatable bonds is 5. The lowest BCUT2D eigenvalue weighted by atomic mass is 9.86. The minimum atomic E-state index is -1.13. The van der Waals surface area contributed by atoms with Gasteiger partial charge in [0.1, 0.15) is 6.04 Å². The molecule has 0 saturated carbocycles. The standard InChI is InChI=1S/C23H23NO5/c1-14(24-20(26)17-7-5-6-8-18(17)21(24)27)22(28)29-13-19(25)15-9-11-16(12-10-15)23(2,3)4/h5-12,14H,13H2,1-4H3/t14-/m0/s1. The lowest BCUT2D eigenvalue weighted by molar-refractivity contribution is -0.146. The number of imide groups is 1. The molecule has 150 valence electrons. The molecule has 0 bridgehead atoms. The molecule has 0 aromatic heterocycles. The monoisotopic (exact) mass is 393 g/mol. The first-order valence-electron chi connectivity index (χ1n) is 9.38. The number of Topliss-reactive ketones (excluding diaryl/α,β-unsaturated/α-hetero) is 1. The van der Waals surface area contributed by atoms with Crippen molar-refractivity contribution in [3.63, 3.8) is 0 Å². The van der Waals surface area contributed by atoms with Crippen LogP contribution in [0.15, 0.2) is 48.5 Å². The van der Waals surface area contributed by atoms with Crippen molar-refractivity contribution >= 4 is 23.6 Å². The summed E-state index contributed by atoms with van der Waals surface area (Å²) in [4.78, 5) is 50.5. The molecule has 2 aromatic rings. The summed E-state index contributed by atoms with van der Waals surface area (Å²) in [5.41, 5.74) is 2.00. The summed E-state index contributed by atoms with van der Waals surface area (Å²) < 4.78 is 5.09. The number of hydrogen-bond donors (Lipinski definition) is 0. The third-order valence-electron chi connectivity index (χ3n) is 4.97. The minimum absolute atomic E-state index is 0.0319. The molecule has 1 atom stereocenters. The highest BCUT2D eigenvalue weighted by Gasteiger charge is 2.41. The molecule has 1 heterocycles. The minimum Gasteiger partial charge on any atom is -0.456 e. The maximum Gasteiger partial charge on any atom is 0.329 e. The molecule has 0 saturated heterocycles. The van der Waals surface area contributed by atoms with Gasteiger partial charge in [0.2, 0.25) is 0 Å². The fourth-order valence-corrected chi connectivity index (χ4v) is 3.16. The maximum absolute atomic E-state index is 12.5. The number of nitrogens with zero attached hydrogens (tertiary/aromatic N) is 1. The van der Waals surface area contributed by atoms with E-state index >= 15 is 0 Å². The van der Waals surface area contributed by atoms with Crippen LogP contribution in [0.2, 0.25) is 0 Å². The predicted octanol–water partition coefficient (Wildman–Crippen LogP) is 3.39. The first-order valence-corrected chi connectivity index (χ1v) is 9.38. The van der Waals surface area contributed by atoms with E-state index in [0.717, 1.165) is 10.5 Å². The fourth-order valence-electron chi connectivity index (χ4n) is 3.16. The summed E-state index contributed by atoms with van der Waals surface area (Å²) in [5.74, 6) is -2.24. The first-order chi connectivity index (χ1) is 13.6. The van der Waals surface area contributed by atoms with Gasteiger partial charge in [-0.25, -0.2) is 4.79 Å². The Bertz CT molecular complexity index is 950. The van der Waals surface area contributed by atoms with E-state index < -0.39 is 30.4 Å². The molecule has 2 aromatic carbocycles. The molecule has 0 fully saturated rings. The van der Waals surface area contributed by atoms with Gasteiger partial charge in [-0.2, -0.15) is 0 Å². The van der Waals surface area contributed by atoms with Crippen molar-refractivity contribution in [3.05, 3.63) is 70.8 Å². The maximum atomic E-state index is 12.5. The Balaban J connectivity index is 1.63. The van der Waals surface area contributed by atoms with E-state index in [0.29, 0.717) is 5.56 Å². The summed E-state index contributed by atoms with van der Waals surface area (Å²) in [6, 6.07) is 12.4. The van der Waals surface area contributed by atoms with Crippen molar-refractivity contribution in [1.29, 1.82) is 0 Å². The Hall–Kier alpha value is -3.28. The van der Waals surface area contributed by atoms with Crippen LogP contribution in [0.3, 0.4) is 0 Å². The van der Waals surface area contributed by atoms with Gasteiger partial charge >= 0.3 is 5.97 Å². The van der Waals surface area contributed by atoms with E-state index in [9.17, 15) is 19.2 Å². The summed E-state index contributed by atoms with van der Waals surface area (Å²) in [6.07, 6.45) is 0. The van der Waals surface area contributed by atoms with Crippen molar-refractivity contribution in [2.45, 2.75) is 39.2 Å². The van der Waals surface area contributed by atoms with Gasteiger partial charge in [-0.05, 0) is 30.0 Å². The number of esters is 1. The number of ether oxygens (including phenoxy) is 1. The van der Waals surface area contributed by atoms with Crippen LogP contribution in [0.25, 0.3) is 0 Å². The van der Waals surface area contributed by atoms with Gasteiger partial charge in [0.25, 0.3) is 11.8 Å². The summed E-state index contributed by atoms with van der Waals surface area (Å²) >= 11 is 0. The largest absolute Gasteiger partial charge is 0.456 e. The van der Waals surface area contributed by atoms with Crippen LogP contribution in [-0.4, -0.2) is 41.1 Å². The van der Waals surface area contributed by atoms with E-state index in [-0.39, 0.29) is 22.3 Å². The number of amides is 2. The third kappa shape index (κ3) is 3.97. The van der Waals surface area contributed by atoms with Crippen LogP contribution in [0, 0.1) is 0 Å². The fraction of sp³-hybridized carbons (Fsp3) is 0.304. The zero-order valence-corrected chi connectivity index (χ0v) is 16.9. The molecular formula is C23H23NO5. The topological polar surface area (TPSA) is 80.8 Å². The molecule has 0 aliphatic carbocycles. The number of benzene rings is 2. The van der Waals surface area contributed by atoms with Gasteiger partial charge in [0.05, 0.1) is 11.1 Å². The Kier molecular flexibility index (Phi) is 5.38. The smallest absolute Gasteiger partial charge is 0.329 e. The van der Waals surface area contributed by atoms with Crippen LogP contribution < -0.4 is 0 Å². The molecule has 1 aliphatic heterocycles. The van der Waals surface area contributed by atoms with E-state index in [1.54, 1.807) is 36.4 Å². The highest BCUT2D eigenvalue weighted by Crippen LogP contribution is 2.25. The molecule has 2 amide bonds. The number of fused-ring (bicyclic) bond motifs is 1. The lowest BCUT2D eigenvalue weighted by Gasteiger charge is -2.21. The predicted molar refractivity (Wildman–Crippen MR) is 107 cm³/mol. The number of hydrogen-bond acceptors (Lipinski definition) is 5. The van der Waals surface area contributed by atoms with Crippen molar-refractivity contribution < 1.29 is 23.9 Å². The van der Waals surface area contributed by atoms with Crippen molar-refractivity contribution in [2.24, 2.45) is 0 Å². The van der Waals surface area contributed by atoms with Crippen molar-refractivity contribution in [3.8, 4) is 0 Å². The highest BCUT2D eigenvalue weighted by atomic mass is 16.5. The second-order valence-electron chi connectivity index (χ2n) is 8.06. The normalized spacial score (nSPS) is 14.6. The van der Waals surface area contributed by atoms with Crippen molar-refractivity contribution in [1.82, 2.24) is 4.90 Å². The van der Waals surface area contributed by atoms with Gasteiger partial charge in [0, 0.05) is 5.56 Å². The highest BCUT2D eigenvalue weighted by molar-refractivity contribution is 6.22. The van der Waals surface area contributed by atoms with Crippen LogP contribution in [0.4, 0.5) is 0 Å². The average molecular weight is 393 g/mol. The summed E-state index contributed by atoms with van der Waals surface area (Å²) in [5, 5.41) is 0. The Morgan fingerprint density at radius 1 is 0.931 bits per heavy atom. The number of carbonyl (C=O) groups is 4. The second kappa shape index (κ2) is 7.62. The zero-order valence-electron chi connectivity index (χ0n) is 16.9. The molecule has 29 heavy (non-hydrogen) atoms. The molecule has 0 unspecified atom stereocenters. The van der Waals surface area contributed by atoms with Crippen LogP contribution >= 0.6 is 0 Å².